The van der Waals surface area contributed by atoms with Crippen LogP contribution in [-0.2, 0) is 5.60 Å². The van der Waals surface area contributed by atoms with Crippen LogP contribution in [0.2, 0.25) is 9.49 Å². The van der Waals surface area contributed by atoms with E-state index in [1.165, 1.54) is 13.8 Å². The predicted octanol–water partition coefficient (Wildman–Crippen LogP) is 6.10. The molecule has 1 amide bonds. The topological polar surface area (TPSA) is 100 Å². The van der Waals surface area contributed by atoms with Crippen LogP contribution in [0.5, 0.6) is 5.75 Å². The number of benzene rings is 1. The molecule has 184 valence electrons. The number of amides is 1. The largest absolute Gasteiger partial charge is 0.480 e. The second-order valence-electron chi connectivity index (χ2n) is 7.80. The Kier molecular flexibility index (Phi) is 7.19. The van der Waals surface area contributed by atoms with Crippen LogP contribution in [0.25, 0.3) is 10.6 Å². The Morgan fingerprint density at radius 1 is 1.29 bits per heavy atom. The molecule has 0 fully saturated rings. The number of thiazole rings is 1. The number of carbonyl (C=O) groups excluding carboxylic acids is 1. The number of anilines is 1. The average Bonchev–Trinajstić information content (AvgIpc) is 3.25. The third-order valence-corrected chi connectivity index (χ3v) is 6.18. The quantitative estimate of drug-likeness (QED) is 0.328. The Hall–Kier alpha value is -2.41. The van der Waals surface area contributed by atoms with E-state index in [2.05, 4.69) is 20.5 Å². The van der Waals surface area contributed by atoms with Crippen LogP contribution in [0.15, 0.2) is 12.1 Å². The molecule has 0 radical (unpaired) electrons. The fraction of sp³-hybridized carbons (Fsp3) is 0.350. The molecular weight excluding hydrogens is 523 g/mol. The van der Waals surface area contributed by atoms with E-state index >= 15 is 4.39 Å². The number of ether oxygens (including phenoxy) is 1. The SMILES string of the molecule is Cc1[nH]nc(Cl)c1NC(=O)c1cc(F)c(-c2nc(C(C)(C)O)c(Cl)s2)cc1O[C@@H](C)C(F)(F)F. The Labute approximate surface area is 205 Å². The number of aliphatic hydroxyl groups is 1. The highest BCUT2D eigenvalue weighted by atomic mass is 35.5. The molecule has 14 heteroatoms. The Morgan fingerprint density at radius 2 is 1.94 bits per heavy atom. The molecule has 3 N–H and O–H groups in total. The third-order valence-electron chi connectivity index (χ3n) is 4.62. The zero-order chi connectivity index (χ0) is 25.6. The molecule has 0 saturated carbocycles. The van der Waals surface area contributed by atoms with E-state index in [4.69, 9.17) is 27.9 Å². The van der Waals surface area contributed by atoms with Gasteiger partial charge in [0.15, 0.2) is 11.3 Å². The molecule has 0 spiro atoms. The summed E-state index contributed by atoms with van der Waals surface area (Å²) in [6.45, 7) is 5.14. The number of nitrogens with zero attached hydrogens (tertiary/aromatic N) is 2. The number of aromatic nitrogens is 3. The number of carbonyl (C=O) groups is 1. The van der Waals surface area contributed by atoms with Crippen molar-refractivity contribution in [1.82, 2.24) is 15.2 Å². The Bertz CT molecular complexity index is 1220. The van der Waals surface area contributed by atoms with E-state index in [0.29, 0.717) is 5.69 Å². The van der Waals surface area contributed by atoms with Gasteiger partial charge in [-0.05, 0) is 39.8 Å². The zero-order valence-electron chi connectivity index (χ0n) is 18.1. The number of aryl methyl sites for hydroxylation is 1. The maximum Gasteiger partial charge on any atom is 0.425 e. The molecule has 7 nitrogen and oxygen atoms in total. The van der Waals surface area contributed by atoms with Crippen molar-refractivity contribution in [3.63, 3.8) is 0 Å². The number of aromatic amines is 1. The third kappa shape index (κ3) is 5.45. The number of hydrogen-bond acceptors (Lipinski definition) is 6. The van der Waals surface area contributed by atoms with E-state index in [9.17, 15) is 23.1 Å². The number of alkyl halides is 3. The first-order valence-electron chi connectivity index (χ1n) is 9.57. The van der Waals surface area contributed by atoms with Crippen molar-refractivity contribution < 1.29 is 32.2 Å². The second kappa shape index (κ2) is 9.33. The van der Waals surface area contributed by atoms with Gasteiger partial charge in [0.1, 0.15) is 37.9 Å². The van der Waals surface area contributed by atoms with E-state index in [1.54, 1.807) is 6.92 Å². The first-order chi connectivity index (χ1) is 15.6. The molecule has 0 aliphatic heterocycles. The standard InChI is InChI=1S/C20H18Cl2F4N4O3S/c1-7-13(15(21)30-29-7)27-17(31)10-5-11(23)9(6-12(10)33-8(2)20(24,25)26)18-28-14(16(22)34-18)19(3,4)32/h5-6,8,32H,1-4H3,(H,27,31)(H,29,30)/t8-/m0/s1. The van der Waals surface area contributed by atoms with Crippen molar-refractivity contribution in [2.24, 2.45) is 0 Å². The first-order valence-corrected chi connectivity index (χ1v) is 11.1. The minimum absolute atomic E-state index is 0.0233. The van der Waals surface area contributed by atoms with Crippen LogP contribution in [0, 0.1) is 12.7 Å². The minimum atomic E-state index is -4.76. The fourth-order valence-electron chi connectivity index (χ4n) is 2.77. The maximum atomic E-state index is 15.1. The molecule has 0 saturated heterocycles. The van der Waals surface area contributed by atoms with Crippen molar-refractivity contribution in [3.05, 3.63) is 44.4 Å². The van der Waals surface area contributed by atoms with Gasteiger partial charge < -0.3 is 15.2 Å². The van der Waals surface area contributed by atoms with Crippen molar-refractivity contribution in [3.8, 4) is 16.3 Å². The molecule has 1 atom stereocenters. The summed E-state index contributed by atoms with van der Waals surface area (Å²) in [6.07, 6.45) is -7.07. The number of H-pyrrole nitrogens is 1. The predicted molar refractivity (Wildman–Crippen MR) is 120 cm³/mol. The van der Waals surface area contributed by atoms with Gasteiger partial charge in [0.25, 0.3) is 5.91 Å². The molecule has 3 rings (SSSR count). The first kappa shape index (κ1) is 26.2. The number of rotatable bonds is 6. The summed E-state index contributed by atoms with van der Waals surface area (Å²) in [7, 11) is 0. The number of nitrogens with one attached hydrogen (secondary N) is 2. The fourth-order valence-corrected chi connectivity index (χ4v) is 4.46. The molecule has 3 aromatic rings. The summed E-state index contributed by atoms with van der Waals surface area (Å²) in [6, 6.07) is 1.66. The molecule has 1 aromatic carbocycles. The zero-order valence-corrected chi connectivity index (χ0v) is 20.4. The van der Waals surface area contributed by atoms with Crippen LogP contribution >= 0.6 is 34.5 Å². The molecule has 2 heterocycles. The highest BCUT2D eigenvalue weighted by molar-refractivity contribution is 7.19. The van der Waals surface area contributed by atoms with Crippen molar-refractivity contribution >= 4 is 46.1 Å². The van der Waals surface area contributed by atoms with Gasteiger partial charge in [-0.3, -0.25) is 9.89 Å². The second-order valence-corrected chi connectivity index (χ2v) is 9.76. The average molecular weight is 541 g/mol. The smallest absolute Gasteiger partial charge is 0.425 e. The molecule has 34 heavy (non-hydrogen) atoms. The highest BCUT2D eigenvalue weighted by Gasteiger charge is 2.39. The Balaban J connectivity index is 2.11. The van der Waals surface area contributed by atoms with Gasteiger partial charge in [-0.2, -0.15) is 18.3 Å². The summed E-state index contributed by atoms with van der Waals surface area (Å²) in [5.74, 6) is -2.50. The summed E-state index contributed by atoms with van der Waals surface area (Å²) < 4.78 is 59.7. The number of hydrogen-bond donors (Lipinski definition) is 3. The molecular formula is C20H18Cl2F4N4O3S. The highest BCUT2D eigenvalue weighted by Crippen LogP contribution is 2.40. The molecule has 0 aliphatic rings. The maximum absolute atomic E-state index is 15.1. The van der Waals surface area contributed by atoms with Crippen LogP contribution in [0.4, 0.5) is 23.2 Å². The minimum Gasteiger partial charge on any atom is -0.480 e. The lowest BCUT2D eigenvalue weighted by Gasteiger charge is -2.20. The molecule has 0 unspecified atom stereocenters. The lowest BCUT2D eigenvalue weighted by atomic mass is 10.1. The van der Waals surface area contributed by atoms with Crippen molar-refractivity contribution in [2.45, 2.75) is 45.6 Å². The lowest BCUT2D eigenvalue weighted by Crippen LogP contribution is -2.32. The molecule has 0 aliphatic carbocycles. The Morgan fingerprint density at radius 3 is 2.44 bits per heavy atom. The van der Waals surface area contributed by atoms with Crippen LogP contribution in [0.3, 0.4) is 0 Å². The van der Waals surface area contributed by atoms with E-state index in [1.807, 2.05) is 0 Å². The summed E-state index contributed by atoms with van der Waals surface area (Å²) >= 11 is 12.8. The molecule has 0 bridgehead atoms. The lowest BCUT2D eigenvalue weighted by molar-refractivity contribution is -0.189. The van der Waals surface area contributed by atoms with Gasteiger partial charge in [-0.1, -0.05) is 23.2 Å². The van der Waals surface area contributed by atoms with Crippen LogP contribution < -0.4 is 10.1 Å². The van der Waals surface area contributed by atoms with Crippen LogP contribution in [-0.4, -0.2) is 38.5 Å². The van der Waals surface area contributed by atoms with Crippen LogP contribution in [0.1, 0.15) is 42.5 Å². The summed E-state index contributed by atoms with van der Waals surface area (Å²) in [5, 5.41) is 18.7. The van der Waals surface area contributed by atoms with Gasteiger partial charge >= 0.3 is 6.18 Å². The van der Waals surface area contributed by atoms with E-state index in [-0.39, 0.29) is 31.4 Å². The number of halogens is 6. The van der Waals surface area contributed by atoms with Crippen molar-refractivity contribution in [2.75, 3.05) is 5.32 Å². The van der Waals surface area contributed by atoms with Crippen molar-refractivity contribution in [1.29, 1.82) is 0 Å². The molecule has 2 aromatic heterocycles. The van der Waals surface area contributed by atoms with E-state index in [0.717, 1.165) is 30.4 Å². The van der Waals surface area contributed by atoms with E-state index < -0.39 is 40.9 Å². The summed E-state index contributed by atoms with van der Waals surface area (Å²) in [5.41, 5.74) is -1.72. The van der Waals surface area contributed by atoms with Gasteiger partial charge in [0, 0.05) is 5.56 Å². The van der Waals surface area contributed by atoms with Gasteiger partial charge in [0.05, 0.1) is 11.3 Å². The van der Waals surface area contributed by atoms with Gasteiger partial charge in [-0.15, -0.1) is 11.3 Å². The monoisotopic (exact) mass is 540 g/mol. The van der Waals surface area contributed by atoms with Gasteiger partial charge in [0.2, 0.25) is 0 Å². The normalized spacial score (nSPS) is 13.1. The summed E-state index contributed by atoms with van der Waals surface area (Å²) in [4.78, 5) is 17.0. The van der Waals surface area contributed by atoms with Gasteiger partial charge in [-0.25, -0.2) is 9.37 Å².